The van der Waals surface area contributed by atoms with Crippen molar-refractivity contribution in [3.8, 4) is 0 Å². The third kappa shape index (κ3) is 4.80. The molecule has 3 heteroatoms. The summed E-state index contributed by atoms with van der Waals surface area (Å²) in [6, 6.07) is 1.65. The van der Waals surface area contributed by atoms with Crippen LogP contribution in [0.5, 0.6) is 0 Å². The zero-order chi connectivity index (χ0) is 11.9. The third-order valence-corrected chi connectivity index (χ3v) is 5.43. The van der Waals surface area contributed by atoms with Crippen LogP contribution in [0.2, 0.25) is 0 Å². The summed E-state index contributed by atoms with van der Waals surface area (Å²) >= 11 is 2.11. The Morgan fingerprint density at radius 3 is 2.53 bits per heavy atom. The topological polar surface area (TPSA) is 15.3 Å². The molecule has 0 radical (unpaired) electrons. The van der Waals surface area contributed by atoms with Gasteiger partial charge in [-0.05, 0) is 32.1 Å². The largest absolute Gasteiger partial charge is 0.313 e. The van der Waals surface area contributed by atoms with Crippen molar-refractivity contribution in [3.63, 3.8) is 0 Å². The van der Waals surface area contributed by atoms with Crippen LogP contribution in [-0.2, 0) is 0 Å². The van der Waals surface area contributed by atoms with Crippen LogP contribution in [0.1, 0.15) is 44.9 Å². The summed E-state index contributed by atoms with van der Waals surface area (Å²) in [7, 11) is 2.30. The SMILES string of the molecule is CN(CCNC1CCCCCC1)C1CCSC1. The molecule has 1 N–H and O–H groups in total. The molecule has 1 aliphatic heterocycles. The summed E-state index contributed by atoms with van der Waals surface area (Å²) in [6.07, 6.45) is 9.99. The van der Waals surface area contributed by atoms with Crippen LogP contribution in [0.15, 0.2) is 0 Å². The van der Waals surface area contributed by atoms with Gasteiger partial charge in [-0.25, -0.2) is 0 Å². The Morgan fingerprint density at radius 1 is 1.12 bits per heavy atom. The highest BCUT2D eigenvalue weighted by molar-refractivity contribution is 7.99. The average Bonchev–Trinajstić information content (AvgIpc) is 2.75. The van der Waals surface area contributed by atoms with Crippen molar-refractivity contribution in [1.82, 2.24) is 10.2 Å². The first-order valence-electron chi connectivity index (χ1n) is 7.37. The van der Waals surface area contributed by atoms with Gasteiger partial charge < -0.3 is 10.2 Å². The van der Waals surface area contributed by atoms with Crippen molar-refractivity contribution in [2.75, 3.05) is 31.6 Å². The van der Waals surface area contributed by atoms with Gasteiger partial charge in [0.05, 0.1) is 0 Å². The van der Waals surface area contributed by atoms with Crippen molar-refractivity contribution in [3.05, 3.63) is 0 Å². The van der Waals surface area contributed by atoms with Gasteiger partial charge in [0.1, 0.15) is 0 Å². The Morgan fingerprint density at radius 2 is 1.88 bits per heavy atom. The first kappa shape index (κ1) is 13.7. The lowest BCUT2D eigenvalue weighted by Crippen LogP contribution is -2.39. The quantitative estimate of drug-likeness (QED) is 0.762. The molecule has 0 amide bonds. The standard InChI is InChI=1S/C14H28N2S/c1-16(14-8-11-17-12-14)10-9-15-13-6-4-2-3-5-7-13/h13-15H,2-12H2,1H3. The fourth-order valence-electron chi connectivity index (χ4n) is 2.98. The summed E-state index contributed by atoms with van der Waals surface area (Å²) in [6.45, 7) is 2.41. The summed E-state index contributed by atoms with van der Waals surface area (Å²) in [5, 5.41) is 3.77. The number of rotatable bonds is 5. The van der Waals surface area contributed by atoms with Gasteiger partial charge in [0, 0.05) is 30.9 Å². The molecule has 0 spiro atoms. The summed E-state index contributed by atoms with van der Waals surface area (Å²) < 4.78 is 0. The van der Waals surface area contributed by atoms with Crippen molar-refractivity contribution in [2.45, 2.75) is 57.0 Å². The van der Waals surface area contributed by atoms with Crippen molar-refractivity contribution < 1.29 is 0 Å². The second-order valence-corrected chi connectivity index (χ2v) is 6.79. The van der Waals surface area contributed by atoms with Crippen LogP contribution in [-0.4, -0.2) is 48.6 Å². The lowest BCUT2D eigenvalue weighted by atomic mass is 10.1. The summed E-state index contributed by atoms with van der Waals surface area (Å²) in [4.78, 5) is 2.56. The maximum Gasteiger partial charge on any atom is 0.0191 e. The predicted molar refractivity (Wildman–Crippen MR) is 77.9 cm³/mol. The molecule has 1 heterocycles. The van der Waals surface area contributed by atoms with Crippen LogP contribution in [0.3, 0.4) is 0 Å². The molecule has 2 nitrogen and oxygen atoms in total. The second-order valence-electron chi connectivity index (χ2n) is 5.64. The summed E-state index contributed by atoms with van der Waals surface area (Å²) in [5.41, 5.74) is 0. The van der Waals surface area contributed by atoms with Crippen LogP contribution < -0.4 is 5.32 Å². The molecule has 17 heavy (non-hydrogen) atoms. The Bertz CT molecular complexity index is 194. The van der Waals surface area contributed by atoms with Crippen molar-refractivity contribution in [1.29, 1.82) is 0 Å². The van der Waals surface area contributed by atoms with Gasteiger partial charge in [0.15, 0.2) is 0 Å². The van der Waals surface area contributed by atoms with Crippen molar-refractivity contribution >= 4 is 11.8 Å². The fourth-order valence-corrected chi connectivity index (χ4v) is 4.28. The lowest BCUT2D eigenvalue weighted by Gasteiger charge is -2.25. The minimum Gasteiger partial charge on any atom is -0.313 e. The smallest absolute Gasteiger partial charge is 0.0191 e. The van der Waals surface area contributed by atoms with Gasteiger partial charge in [-0.1, -0.05) is 25.7 Å². The predicted octanol–water partition coefficient (Wildman–Crippen LogP) is 2.74. The first-order valence-corrected chi connectivity index (χ1v) is 8.53. The zero-order valence-corrected chi connectivity index (χ0v) is 12.1. The highest BCUT2D eigenvalue weighted by Crippen LogP contribution is 2.21. The molecule has 1 unspecified atom stereocenters. The maximum atomic E-state index is 3.77. The van der Waals surface area contributed by atoms with Crippen LogP contribution >= 0.6 is 11.8 Å². The number of likely N-dealkylation sites (N-methyl/N-ethyl adjacent to an activating group) is 1. The van der Waals surface area contributed by atoms with Gasteiger partial charge in [0.2, 0.25) is 0 Å². The average molecular weight is 256 g/mol. The molecule has 0 aromatic heterocycles. The molecule has 0 bridgehead atoms. The fraction of sp³-hybridized carbons (Fsp3) is 1.00. The molecule has 0 aromatic carbocycles. The molecule has 0 aromatic rings. The molecule has 1 saturated heterocycles. The highest BCUT2D eigenvalue weighted by Gasteiger charge is 2.19. The minimum atomic E-state index is 0.809. The van der Waals surface area contributed by atoms with E-state index in [2.05, 4.69) is 29.0 Å². The summed E-state index contributed by atoms with van der Waals surface area (Å²) in [5.74, 6) is 2.71. The molecule has 1 atom stereocenters. The van der Waals surface area contributed by atoms with Gasteiger partial charge in [-0.3, -0.25) is 0 Å². The molecule has 1 saturated carbocycles. The van der Waals surface area contributed by atoms with Crippen LogP contribution in [0.4, 0.5) is 0 Å². The third-order valence-electron chi connectivity index (χ3n) is 4.28. The minimum absolute atomic E-state index is 0.809. The van der Waals surface area contributed by atoms with Gasteiger partial charge in [-0.2, -0.15) is 11.8 Å². The number of hydrogen-bond donors (Lipinski definition) is 1. The normalized spacial score (nSPS) is 27.5. The zero-order valence-electron chi connectivity index (χ0n) is 11.3. The molecular weight excluding hydrogens is 228 g/mol. The first-order chi connectivity index (χ1) is 8.36. The van der Waals surface area contributed by atoms with E-state index < -0.39 is 0 Å². The highest BCUT2D eigenvalue weighted by atomic mass is 32.2. The molecule has 2 fully saturated rings. The molecule has 2 rings (SSSR count). The van der Waals surface area contributed by atoms with Crippen LogP contribution in [0.25, 0.3) is 0 Å². The Balaban J connectivity index is 1.57. The Kier molecular flexibility index (Phi) is 6.16. The van der Waals surface area contributed by atoms with E-state index in [-0.39, 0.29) is 0 Å². The van der Waals surface area contributed by atoms with Crippen LogP contribution in [0, 0.1) is 0 Å². The van der Waals surface area contributed by atoms with E-state index in [0.29, 0.717) is 0 Å². The van der Waals surface area contributed by atoms with Gasteiger partial charge >= 0.3 is 0 Å². The van der Waals surface area contributed by atoms with Crippen molar-refractivity contribution in [2.24, 2.45) is 0 Å². The number of nitrogens with one attached hydrogen (secondary N) is 1. The maximum absolute atomic E-state index is 3.77. The van der Waals surface area contributed by atoms with E-state index in [9.17, 15) is 0 Å². The molecule has 100 valence electrons. The van der Waals surface area contributed by atoms with E-state index in [1.807, 2.05) is 0 Å². The number of nitrogens with zero attached hydrogens (tertiary/aromatic N) is 1. The molecular formula is C14H28N2S. The van der Waals surface area contributed by atoms with Gasteiger partial charge in [0.25, 0.3) is 0 Å². The van der Waals surface area contributed by atoms with E-state index in [4.69, 9.17) is 0 Å². The van der Waals surface area contributed by atoms with E-state index in [1.54, 1.807) is 0 Å². The van der Waals surface area contributed by atoms with E-state index in [0.717, 1.165) is 12.1 Å². The monoisotopic (exact) mass is 256 g/mol. The Hall–Kier alpha value is 0.270. The van der Waals surface area contributed by atoms with E-state index in [1.165, 1.54) is 69.5 Å². The molecule has 2 aliphatic rings. The Labute approximate surface area is 111 Å². The number of hydrogen-bond acceptors (Lipinski definition) is 3. The number of thioether (sulfide) groups is 1. The lowest BCUT2D eigenvalue weighted by molar-refractivity contribution is 0.256. The van der Waals surface area contributed by atoms with E-state index >= 15 is 0 Å². The second kappa shape index (κ2) is 7.65. The van der Waals surface area contributed by atoms with Gasteiger partial charge in [-0.15, -0.1) is 0 Å². The molecule has 1 aliphatic carbocycles.